The van der Waals surface area contributed by atoms with Gasteiger partial charge in [0.25, 0.3) is 5.91 Å². The average Bonchev–Trinajstić information content (AvgIpc) is 2.24. The van der Waals surface area contributed by atoms with Crippen molar-refractivity contribution in [3.05, 3.63) is 34.1 Å². The number of amides is 1. The summed E-state index contributed by atoms with van der Waals surface area (Å²) in [6, 6.07) is 3.24. The molecule has 1 aromatic rings. The van der Waals surface area contributed by atoms with E-state index in [2.05, 4.69) is 15.9 Å². The maximum absolute atomic E-state index is 13.1. The molecule has 19 heavy (non-hydrogen) atoms. The summed E-state index contributed by atoms with van der Waals surface area (Å²) in [5, 5.41) is 0. The summed E-state index contributed by atoms with van der Waals surface area (Å²) in [4.78, 5) is 12.4. The van der Waals surface area contributed by atoms with Crippen molar-refractivity contribution in [2.45, 2.75) is 6.18 Å². The first-order valence-electron chi connectivity index (χ1n) is 5.11. The van der Waals surface area contributed by atoms with Crippen molar-refractivity contribution in [1.82, 2.24) is 4.90 Å². The Hall–Kier alpha value is -0.820. The molecule has 0 fully saturated rings. The Morgan fingerprint density at radius 2 is 1.95 bits per heavy atom. The Morgan fingerprint density at radius 1 is 1.32 bits per heavy atom. The summed E-state index contributed by atoms with van der Waals surface area (Å²) in [5.41, 5.74) is -0.166. The molecule has 0 N–H and O–H groups in total. The zero-order chi connectivity index (χ0) is 14.6. The van der Waals surface area contributed by atoms with Gasteiger partial charge in [0.1, 0.15) is 12.4 Å². The summed E-state index contributed by atoms with van der Waals surface area (Å²) in [7, 11) is 0. The Morgan fingerprint density at radius 3 is 2.42 bits per heavy atom. The molecule has 1 rings (SSSR count). The molecule has 0 aliphatic carbocycles. The predicted molar refractivity (Wildman–Crippen MR) is 66.8 cm³/mol. The first-order valence-corrected chi connectivity index (χ1v) is 6.44. The van der Waals surface area contributed by atoms with E-state index in [1.807, 2.05) is 0 Å². The van der Waals surface area contributed by atoms with E-state index in [0.717, 1.165) is 12.1 Å². The lowest BCUT2D eigenvalue weighted by molar-refractivity contribution is -0.140. The Bertz CT molecular complexity index is 446. The molecule has 0 aliphatic heterocycles. The van der Waals surface area contributed by atoms with Crippen LogP contribution in [0.4, 0.5) is 17.6 Å². The van der Waals surface area contributed by atoms with Gasteiger partial charge >= 0.3 is 6.18 Å². The van der Waals surface area contributed by atoms with E-state index in [0.29, 0.717) is 4.90 Å². The highest BCUT2D eigenvalue weighted by atomic mass is 79.9. The molecule has 106 valence electrons. The number of hydrogen-bond acceptors (Lipinski definition) is 1. The lowest BCUT2D eigenvalue weighted by Gasteiger charge is -2.23. The summed E-state index contributed by atoms with van der Waals surface area (Å²) in [6.45, 7) is -1.69. The molecular weight excluding hydrogens is 353 g/mol. The van der Waals surface area contributed by atoms with E-state index >= 15 is 0 Å². The fraction of sp³-hybridized carbons (Fsp3) is 0.364. The summed E-state index contributed by atoms with van der Waals surface area (Å²) < 4.78 is 50.4. The monoisotopic (exact) mass is 361 g/mol. The van der Waals surface area contributed by atoms with Gasteiger partial charge in [0.2, 0.25) is 0 Å². The molecule has 0 aromatic heterocycles. The standard InChI is InChI=1S/C11H9BrClF4NO/c12-8-3-7(4-9(14)5-8)10(19)18(2-1-13)6-11(15,16)17/h3-5H,1-2,6H2. The fourth-order valence-electron chi connectivity index (χ4n) is 1.43. The topological polar surface area (TPSA) is 20.3 Å². The third kappa shape index (κ3) is 5.36. The maximum atomic E-state index is 13.1. The lowest BCUT2D eigenvalue weighted by atomic mass is 10.2. The Balaban J connectivity index is 2.98. The van der Waals surface area contributed by atoms with Crippen LogP contribution in [0.2, 0.25) is 0 Å². The van der Waals surface area contributed by atoms with E-state index in [1.54, 1.807) is 0 Å². The smallest absolute Gasteiger partial charge is 0.328 e. The molecule has 0 aliphatic rings. The van der Waals surface area contributed by atoms with Crippen molar-refractivity contribution in [2.75, 3.05) is 19.0 Å². The van der Waals surface area contributed by atoms with E-state index < -0.39 is 24.4 Å². The van der Waals surface area contributed by atoms with E-state index in [9.17, 15) is 22.4 Å². The largest absolute Gasteiger partial charge is 0.406 e. The second-order valence-electron chi connectivity index (χ2n) is 3.69. The minimum absolute atomic E-state index is 0.141. The summed E-state index contributed by atoms with van der Waals surface area (Å²) in [6.07, 6.45) is -4.54. The Kier molecular flexibility index (Phi) is 5.61. The van der Waals surface area contributed by atoms with Crippen molar-refractivity contribution in [3.8, 4) is 0 Å². The van der Waals surface area contributed by atoms with Crippen molar-refractivity contribution in [3.63, 3.8) is 0 Å². The van der Waals surface area contributed by atoms with Crippen LogP contribution in [0.25, 0.3) is 0 Å². The summed E-state index contributed by atoms with van der Waals surface area (Å²) >= 11 is 8.35. The van der Waals surface area contributed by atoms with Crippen LogP contribution in [-0.4, -0.2) is 36.0 Å². The molecule has 2 nitrogen and oxygen atoms in total. The molecular formula is C11H9BrClF4NO. The fourth-order valence-corrected chi connectivity index (χ4v) is 2.10. The molecule has 1 amide bonds. The van der Waals surface area contributed by atoms with Crippen LogP contribution in [-0.2, 0) is 0 Å². The molecule has 0 atom stereocenters. The second-order valence-corrected chi connectivity index (χ2v) is 4.98. The third-order valence-electron chi connectivity index (χ3n) is 2.12. The number of halogens is 6. The van der Waals surface area contributed by atoms with Gasteiger partial charge in [-0.2, -0.15) is 13.2 Å². The van der Waals surface area contributed by atoms with Gasteiger partial charge < -0.3 is 4.90 Å². The van der Waals surface area contributed by atoms with Gasteiger partial charge in [0.05, 0.1) is 0 Å². The molecule has 1 aromatic carbocycles. The van der Waals surface area contributed by atoms with Gasteiger partial charge in [-0.25, -0.2) is 4.39 Å². The molecule has 8 heteroatoms. The maximum Gasteiger partial charge on any atom is 0.406 e. The van der Waals surface area contributed by atoms with Crippen molar-refractivity contribution < 1.29 is 22.4 Å². The van der Waals surface area contributed by atoms with Gasteiger partial charge in [0, 0.05) is 22.5 Å². The summed E-state index contributed by atoms with van der Waals surface area (Å²) in [5.74, 6) is -1.77. The minimum Gasteiger partial charge on any atom is -0.328 e. The highest BCUT2D eigenvalue weighted by molar-refractivity contribution is 9.10. The second kappa shape index (κ2) is 6.56. The van der Waals surface area contributed by atoms with Gasteiger partial charge in [-0.1, -0.05) is 15.9 Å². The van der Waals surface area contributed by atoms with Gasteiger partial charge in [-0.15, -0.1) is 11.6 Å². The van der Waals surface area contributed by atoms with Crippen molar-refractivity contribution >= 4 is 33.4 Å². The van der Waals surface area contributed by atoms with Crippen LogP contribution in [0.15, 0.2) is 22.7 Å². The quantitative estimate of drug-likeness (QED) is 0.589. The number of hydrogen-bond donors (Lipinski definition) is 0. The number of alkyl halides is 4. The van der Waals surface area contributed by atoms with Crippen LogP contribution in [0, 0.1) is 5.82 Å². The highest BCUT2D eigenvalue weighted by Gasteiger charge is 2.33. The molecule has 0 spiro atoms. The van der Waals surface area contributed by atoms with Crippen molar-refractivity contribution in [1.29, 1.82) is 0 Å². The van der Waals surface area contributed by atoms with Crippen LogP contribution in [0.3, 0.4) is 0 Å². The number of carbonyl (C=O) groups excluding carboxylic acids is 1. The number of rotatable bonds is 4. The first-order chi connectivity index (χ1) is 8.73. The molecule has 0 radical (unpaired) electrons. The van der Waals surface area contributed by atoms with Crippen molar-refractivity contribution in [2.24, 2.45) is 0 Å². The molecule has 0 bridgehead atoms. The van der Waals surface area contributed by atoms with Crippen LogP contribution < -0.4 is 0 Å². The normalized spacial score (nSPS) is 11.5. The molecule has 0 unspecified atom stereocenters. The molecule has 0 saturated heterocycles. The zero-order valence-electron chi connectivity index (χ0n) is 9.48. The van der Waals surface area contributed by atoms with Crippen LogP contribution in [0.5, 0.6) is 0 Å². The minimum atomic E-state index is -4.54. The molecule has 0 saturated carbocycles. The average molecular weight is 363 g/mol. The van der Waals surface area contributed by atoms with Crippen LogP contribution >= 0.6 is 27.5 Å². The van der Waals surface area contributed by atoms with Gasteiger partial charge in [0.15, 0.2) is 0 Å². The zero-order valence-corrected chi connectivity index (χ0v) is 11.8. The Labute approximate surface area is 120 Å². The third-order valence-corrected chi connectivity index (χ3v) is 2.75. The number of carbonyl (C=O) groups is 1. The highest BCUT2D eigenvalue weighted by Crippen LogP contribution is 2.20. The van der Waals surface area contributed by atoms with Gasteiger partial charge in [-0.05, 0) is 18.2 Å². The van der Waals surface area contributed by atoms with E-state index in [4.69, 9.17) is 11.6 Å². The predicted octanol–water partition coefficient (Wildman–Crippen LogP) is 3.83. The first kappa shape index (κ1) is 16.2. The van der Waals surface area contributed by atoms with E-state index in [-0.39, 0.29) is 22.5 Å². The van der Waals surface area contributed by atoms with Gasteiger partial charge in [-0.3, -0.25) is 4.79 Å². The van der Waals surface area contributed by atoms with E-state index in [1.165, 1.54) is 6.07 Å². The number of nitrogens with zero attached hydrogens (tertiary/aromatic N) is 1. The lowest BCUT2D eigenvalue weighted by Crippen LogP contribution is -2.40. The SMILES string of the molecule is O=C(c1cc(F)cc(Br)c1)N(CCCl)CC(F)(F)F. The van der Waals surface area contributed by atoms with Crippen LogP contribution in [0.1, 0.15) is 10.4 Å². The molecule has 0 heterocycles. The number of benzene rings is 1.